The van der Waals surface area contributed by atoms with Crippen LogP contribution in [-0.2, 0) is 19.1 Å². The van der Waals surface area contributed by atoms with E-state index in [1.807, 2.05) is 42.5 Å². The topological polar surface area (TPSA) is 92.7 Å². The Balaban J connectivity index is 2.33. The standard InChI is InChI=1S/C22H19NO5/c1-13-18(21(25)26)19(20(22(27)28-2)17(12-24)23-13)16-11-7-6-10-15(16)14-8-4-3-5-9-14/h3-12,19,23H,1-2H3,(H,25,26). The molecule has 2 aromatic rings. The molecule has 1 aliphatic heterocycles. The van der Waals surface area contributed by atoms with Crippen LogP contribution in [0.4, 0.5) is 0 Å². The molecule has 0 bridgehead atoms. The van der Waals surface area contributed by atoms with Crippen LogP contribution in [0.2, 0.25) is 0 Å². The Morgan fingerprint density at radius 1 is 1.04 bits per heavy atom. The molecule has 28 heavy (non-hydrogen) atoms. The Bertz CT molecular complexity index is 1000. The normalized spacial score (nSPS) is 16.4. The molecule has 0 amide bonds. The van der Waals surface area contributed by atoms with E-state index in [0.717, 1.165) is 11.1 Å². The highest BCUT2D eigenvalue weighted by Crippen LogP contribution is 2.42. The minimum Gasteiger partial charge on any atom is -0.478 e. The number of hydrogen-bond acceptors (Lipinski definition) is 5. The molecule has 142 valence electrons. The Hall–Kier alpha value is -3.67. The second-order valence-electron chi connectivity index (χ2n) is 6.29. The van der Waals surface area contributed by atoms with E-state index in [0.29, 0.717) is 17.5 Å². The molecule has 3 rings (SSSR count). The number of nitrogens with one attached hydrogen (secondary N) is 1. The number of methoxy groups -OCH3 is 1. The number of carbonyl (C=O) groups excluding carboxylic acids is 2. The van der Waals surface area contributed by atoms with Crippen LogP contribution in [0, 0.1) is 0 Å². The molecular formula is C22H19NO5. The first-order chi connectivity index (χ1) is 13.5. The van der Waals surface area contributed by atoms with Crippen LogP contribution in [0.1, 0.15) is 18.4 Å². The fourth-order valence-corrected chi connectivity index (χ4v) is 3.51. The third-order valence-corrected chi connectivity index (χ3v) is 4.70. The molecule has 0 fully saturated rings. The van der Waals surface area contributed by atoms with Crippen molar-refractivity contribution in [3.05, 3.63) is 82.7 Å². The zero-order valence-electron chi connectivity index (χ0n) is 15.4. The van der Waals surface area contributed by atoms with Gasteiger partial charge in [0.25, 0.3) is 0 Å². The summed E-state index contributed by atoms with van der Waals surface area (Å²) in [6.45, 7) is 1.57. The van der Waals surface area contributed by atoms with Gasteiger partial charge in [0.2, 0.25) is 0 Å². The molecule has 0 saturated heterocycles. The molecule has 1 heterocycles. The van der Waals surface area contributed by atoms with Gasteiger partial charge in [0, 0.05) is 5.70 Å². The first kappa shape index (κ1) is 19.1. The zero-order chi connectivity index (χ0) is 20.3. The van der Waals surface area contributed by atoms with Gasteiger partial charge >= 0.3 is 11.9 Å². The highest BCUT2D eigenvalue weighted by atomic mass is 16.5. The summed E-state index contributed by atoms with van der Waals surface area (Å²) < 4.78 is 4.87. The largest absolute Gasteiger partial charge is 0.478 e. The van der Waals surface area contributed by atoms with E-state index in [1.165, 1.54) is 7.11 Å². The first-order valence-corrected chi connectivity index (χ1v) is 8.62. The molecule has 0 aromatic heterocycles. The van der Waals surface area contributed by atoms with Gasteiger partial charge in [0.05, 0.1) is 29.9 Å². The molecular weight excluding hydrogens is 358 g/mol. The predicted molar refractivity (Wildman–Crippen MR) is 103 cm³/mol. The number of carboxylic acid groups (broad SMARTS) is 1. The van der Waals surface area contributed by atoms with Crippen LogP contribution < -0.4 is 5.32 Å². The van der Waals surface area contributed by atoms with Gasteiger partial charge in [-0.1, -0.05) is 54.6 Å². The summed E-state index contributed by atoms with van der Waals surface area (Å²) in [6, 6.07) is 16.7. The molecule has 2 aromatic carbocycles. The van der Waals surface area contributed by atoms with E-state index >= 15 is 0 Å². The number of allylic oxidation sites excluding steroid dienone is 2. The summed E-state index contributed by atoms with van der Waals surface area (Å²) in [5, 5.41) is 12.6. The molecule has 0 spiro atoms. The third-order valence-electron chi connectivity index (χ3n) is 4.70. The number of hydrogen-bond donors (Lipinski definition) is 2. The van der Waals surface area contributed by atoms with Crippen molar-refractivity contribution in [2.45, 2.75) is 12.8 Å². The maximum absolute atomic E-state index is 12.5. The third kappa shape index (κ3) is 3.32. The average Bonchev–Trinajstić information content (AvgIpc) is 2.72. The maximum Gasteiger partial charge on any atom is 0.336 e. The van der Waals surface area contributed by atoms with Crippen molar-refractivity contribution in [2.24, 2.45) is 0 Å². The van der Waals surface area contributed by atoms with Crippen molar-refractivity contribution in [1.29, 1.82) is 0 Å². The summed E-state index contributed by atoms with van der Waals surface area (Å²) in [4.78, 5) is 36.3. The minimum absolute atomic E-state index is 0.00205. The van der Waals surface area contributed by atoms with Crippen LogP contribution in [0.5, 0.6) is 0 Å². The molecule has 1 atom stereocenters. The summed E-state index contributed by atoms with van der Waals surface area (Å²) in [5.41, 5.74) is 2.52. The average molecular weight is 377 g/mol. The first-order valence-electron chi connectivity index (χ1n) is 8.62. The number of aldehydes is 1. The quantitative estimate of drug-likeness (QED) is 0.615. The van der Waals surface area contributed by atoms with E-state index in [1.54, 1.807) is 19.1 Å². The monoisotopic (exact) mass is 377 g/mol. The number of benzene rings is 2. The second-order valence-corrected chi connectivity index (χ2v) is 6.29. The summed E-state index contributed by atoms with van der Waals surface area (Å²) in [6.07, 6.45) is 0.506. The van der Waals surface area contributed by atoms with Crippen LogP contribution in [0.15, 0.2) is 77.1 Å². The molecule has 1 unspecified atom stereocenters. The lowest BCUT2D eigenvalue weighted by Gasteiger charge is -2.30. The Labute approximate surface area is 162 Å². The summed E-state index contributed by atoms with van der Waals surface area (Å²) in [7, 11) is 1.20. The fourth-order valence-electron chi connectivity index (χ4n) is 3.51. The van der Waals surface area contributed by atoms with E-state index in [4.69, 9.17) is 4.74 Å². The number of rotatable bonds is 5. The molecule has 6 heteroatoms. The van der Waals surface area contributed by atoms with Gasteiger partial charge in [-0.25, -0.2) is 9.59 Å². The summed E-state index contributed by atoms with van der Waals surface area (Å²) in [5.74, 6) is -2.89. The van der Waals surface area contributed by atoms with Gasteiger partial charge in [-0.05, 0) is 23.6 Å². The van der Waals surface area contributed by atoms with Crippen molar-refractivity contribution in [3.63, 3.8) is 0 Å². The fraction of sp³-hybridized carbons (Fsp3) is 0.136. The lowest BCUT2D eigenvalue weighted by molar-refractivity contribution is -0.136. The van der Waals surface area contributed by atoms with Gasteiger partial charge in [-0.15, -0.1) is 0 Å². The van der Waals surface area contributed by atoms with Crippen LogP contribution in [0.25, 0.3) is 11.1 Å². The van der Waals surface area contributed by atoms with Crippen LogP contribution in [-0.4, -0.2) is 30.4 Å². The van der Waals surface area contributed by atoms with E-state index < -0.39 is 17.9 Å². The van der Waals surface area contributed by atoms with Gasteiger partial charge < -0.3 is 15.2 Å². The highest BCUT2D eigenvalue weighted by molar-refractivity contribution is 6.03. The lowest BCUT2D eigenvalue weighted by atomic mass is 9.77. The number of carbonyl (C=O) groups is 3. The number of ether oxygens (including phenoxy) is 1. The number of esters is 1. The Morgan fingerprint density at radius 2 is 1.68 bits per heavy atom. The van der Waals surface area contributed by atoms with Gasteiger partial charge in [-0.2, -0.15) is 0 Å². The van der Waals surface area contributed by atoms with Crippen molar-refractivity contribution in [2.75, 3.05) is 7.11 Å². The maximum atomic E-state index is 12.5. The smallest absolute Gasteiger partial charge is 0.336 e. The van der Waals surface area contributed by atoms with E-state index in [2.05, 4.69) is 5.32 Å². The van der Waals surface area contributed by atoms with E-state index in [-0.39, 0.29) is 16.8 Å². The Kier molecular flexibility index (Phi) is 5.40. The predicted octanol–water partition coefficient (Wildman–Crippen LogP) is 3.03. The number of aliphatic carboxylic acids is 1. The van der Waals surface area contributed by atoms with E-state index in [9.17, 15) is 19.5 Å². The lowest BCUT2D eigenvalue weighted by Crippen LogP contribution is -2.33. The SMILES string of the molecule is COC(=O)C1=C(C=O)NC(C)=C(C(=O)O)C1c1ccccc1-c1ccccc1. The molecule has 1 aliphatic rings. The Morgan fingerprint density at radius 3 is 2.29 bits per heavy atom. The molecule has 0 aliphatic carbocycles. The highest BCUT2D eigenvalue weighted by Gasteiger charge is 2.39. The molecule has 0 saturated carbocycles. The molecule has 0 radical (unpaired) electrons. The van der Waals surface area contributed by atoms with Gasteiger partial charge in [-0.3, -0.25) is 4.79 Å². The van der Waals surface area contributed by atoms with Gasteiger partial charge in [0.15, 0.2) is 6.29 Å². The second kappa shape index (κ2) is 7.92. The summed E-state index contributed by atoms with van der Waals surface area (Å²) >= 11 is 0. The van der Waals surface area contributed by atoms with Crippen molar-refractivity contribution in [1.82, 2.24) is 5.32 Å². The zero-order valence-corrected chi connectivity index (χ0v) is 15.4. The van der Waals surface area contributed by atoms with Crippen molar-refractivity contribution in [3.8, 4) is 11.1 Å². The van der Waals surface area contributed by atoms with Crippen LogP contribution in [0.3, 0.4) is 0 Å². The number of dihydropyridines is 1. The molecule has 6 nitrogen and oxygen atoms in total. The van der Waals surface area contributed by atoms with Crippen molar-refractivity contribution < 1.29 is 24.2 Å². The molecule has 2 N–H and O–H groups in total. The van der Waals surface area contributed by atoms with Gasteiger partial charge in [0.1, 0.15) is 0 Å². The number of carboxylic acids is 1. The van der Waals surface area contributed by atoms with Crippen molar-refractivity contribution >= 4 is 18.2 Å². The van der Waals surface area contributed by atoms with Crippen LogP contribution >= 0.6 is 0 Å². The minimum atomic E-state index is -1.18.